The maximum absolute atomic E-state index is 11.4. The summed E-state index contributed by atoms with van der Waals surface area (Å²) < 4.78 is 0. The largest absolute Gasteiger partial charge is 0.480 e. The molecule has 0 saturated heterocycles. The van der Waals surface area contributed by atoms with Crippen molar-refractivity contribution in [1.29, 1.82) is 0 Å². The van der Waals surface area contributed by atoms with Crippen LogP contribution in [0.1, 0.15) is 26.2 Å². The van der Waals surface area contributed by atoms with E-state index >= 15 is 0 Å². The van der Waals surface area contributed by atoms with E-state index < -0.39 is 23.9 Å². The van der Waals surface area contributed by atoms with Crippen LogP contribution in [0.4, 0.5) is 4.79 Å². The summed E-state index contributed by atoms with van der Waals surface area (Å²) in [6.45, 7) is 2.65. The molecule has 7 heteroatoms. The summed E-state index contributed by atoms with van der Waals surface area (Å²) in [5.74, 6) is -0.651. The fourth-order valence-electron chi connectivity index (χ4n) is 1.66. The van der Waals surface area contributed by atoms with E-state index in [9.17, 15) is 14.4 Å². The Labute approximate surface area is 105 Å². The second-order valence-electron chi connectivity index (χ2n) is 4.72. The summed E-state index contributed by atoms with van der Waals surface area (Å²) in [6.07, 6.45) is 1.01. The SMILES string of the molecule is CC1CC1CNC(=O)N[C@@H](CCC(N)=O)C(=O)O. The number of hydrogen-bond donors (Lipinski definition) is 4. The van der Waals surface area contributed by atoms with Gasteiger partial charge in [0, 0.05) is 13.0 Å². The van der Waals surface area contributed by atoms with Crippen molar-refractivity contribution in [3.8, 4) is 0 Å². The fourth-order valence-corrected chi connectivity index (χ4v) is 1.66. The molecule has 0 aromatic rings. The first-order chi connectivity index (χ1) is 8.40. The zero-order chi connectivity index (χ0) is 13.7. The second kappa shape index (κ2) is 6.23. The third-order valence-corrected chi connectivity index (χ3v) is 3.08. The number of carboxylic acids is 1. The lowest BCUT2D eigenvalue weighted by molar-refractivity contribution is -0.139. The Morgan fingerprint density at radius 1 is 1.44 bits per heavy atom. The van der Waals surface area contributed by atoms with Gasteiger partial charge in [0.2, 0.25) is 5.91 Å². The number of carboxylic acid groups (broad SMARTS) is 1. The Morgan fingerprint density at radius 2 is 2.06 bits per heavy atom. The van der Waals surface area contributed by atoms with Crippen LogP contribution in [0.3, 0.4) is 0 Å². The third-order valence-electron chi connectivity index (χ3n) is 3.08. The Kier molecular flexibility index (Phi) is 4.94. The van der Waals surface area contributed by atoms with Crippen LogP contribution in [0.5, 0.6) is 0 Å². The first-order valence-electron chi connectivity index (χ1n) is 5.95. The topological polar surface area (TPSA) is 122 Å². The van der Waals surface area contributed by atoms with Gasteiger partial charge in [-0.1, -0.05) is 6.92 Å². The highest BCUT2D eigenvalue weighted by Gasteiger charge is 2.32. The minimum atomic E-state index is -1.17. The molecule has 3 atom stereocenters. The van der Waals surface area contributed by atoms with E-state index in [4.69, 9.17) is 10.8 Å². The number of carbonyl (C=O) groups excluding carboxylic acids is 2. The standard InChI is InChI=1S/C11H19N3O4/c1-6-4-7(6)5-13-11(18)14-8(10(16)17)2-3-9(12)15/h6-8H,2-5H2,1H3,(H2,12,15)(H,16,17)(H2,13,14,18)/t6?,7?,8-/m0/s1. The number of primary amides is 1. The Morgan fingerprint density at radius 3 is 2.50 bits per heavy atom. The zero-order valence-corrected chi connectivity index (χ0v) is 10.3. The van der Waals surface area contributed by atoms with Gasteiger partial charge in [0.05, 0.1) is 0 Å². The normalized spacial score (nSPS) is 22.9. The van der Waals surface area contributed by atoms with Crippen molar-refractivity contribution < 1.29 is 19.5 Å². The van der Waals surface area contributed by atoms with E-state index in [1.54, 1.807) is 0 Å². The van der Waals surface area contributed by atoms with Crippen molar-refractivity contribution in [3.05, 3.63) is 0 Å². The zero-order valence-electron chi connectivity index (χ0n) is 10.3. The minimum Gasteiger partial charge on any atom is -0.480 e. The maximum atomic E-state index is 11.4. The molecule has 1 saturated carbocycles. The lowest BCUT2D eigenvalue weighted by Crippen LogP contribution is -2.46. The van der Waals surface area contributed by atoms with Crippen molar-refractivity contribution in [2.45, 2.75) is 32.2 Å². The first-order valence-corrected chi connectivity index (χ1v) is 5.95. The van der Waals surface area contributed by atoms with Crippen LogP contribution in [0.25, 0.3) is 0 Å². The highest BCUT2D eigenvalue weighted by Crippen LogP contribution is 2.36. The van der Waals surface area contributed by atoms with Crippen LogP contribution < -0.4 is 16.4 Å². The summed E-state index contributed by atoms with van der Waals surface area (Å²) in [7, 11) is 0. The van der Waals surface area contributed by atoms with Crippen LogP contribution in [0.2, 0.25) is 0 Å². The van der Waals surface area contributed by atoms with Gasteiger partial charge in [-0.25, -0.2) is 9.59 Å². The highest BCUT2D eigenvalue weighted by atomic mass is 16.4. The number of amides is 3. The lowest BCUT2D eigenvalue weighted by atomic mass is 10.1. The number of aliphatic carboxylic acids is 1. The summed E-state index contributed by atoms with van der Waals surface area (Å²) in [5, 5.41) is 13.8. The summed E-state index contributed by atoms with van der Waals surface area (Å²) in [6, 6.07) is -1.61. The molecule has 0 heterocycles. The van der Waals surface area contributed by atoms with Crippen LogP contribution in [0.15, 0.2) is 0 Å². The Balaban J connectivity index is 2.28. The van der Waals surface area contributed by atoms with Crippen molar-refractivity contribution in [3.63, 3.8) is 0 Å². The van der Waals surface area contributed by atoms with E-state index in [2.05, 4.69) is 17.6 Å². The molecule has 0 spiro atoms. The van der Waals surface area contributed by atoms with Crippen LogP contribution in [-0.2, 0) is 9.59 Å². The smallest absolute Gasteiger partial charge is 0.326 e. The highest BCUT2D eigenvalue weighted by molar-refractivity contribution is 5.83. The first kappa shape index (κ1) is 14.3. The second-order valence-corrected chi connectivity index (χ2v) is 4.72. The fraction of sp³-hybridized carbons (Fsp3) is 0.727. The Hall–Kier alpha value is -1.79. The molecule has 1 rings (SSSR count). The monoisotopic (exact) mass is 257 g/mol. The predicted octanol–water partition coefficient (Wildman–Crippen LogP) is -0.340. The quantitative estimate of drug-likeness (QED) is 0.498. The van der Waals surface area contributed by atoms with E-state index in [-0.39, 0.29) is 12.8 Å². The third kappa shape index (κ3) is 5.03. The molecule has 7 nitrogen and oxygen atoms in total. The van der Waals surface area contributed by atoms with Crippen LogP contribution in [-0.4, -0.2) is 35.6 Å². The van der Waals surface area contributed by atoms with E-state index in [1.165, 1.54) is 0 Å². The van der Waals surface area contributed by atoms with Crippen LogP contribution in [0, 0.1) is 11.8 Å². The van der Waals surface area contributed by atoms with Crippen molar-refractivity contribution in [2.75, 3.05) is 6.54 Å². The molecule has 3 amide bonds. The van der Waals surface area contributed by atoms with Crippen molar-refractivity contribution in [2.24, 2.45) is 17.6 Å². The summed E-state index contributed by atoms with van der Waals surface area (Å²) >= 11 is 0. The average molecular weight is 257 g/mol. The van der Waals surface area contributed by atoms with Gasteiger partial charge in [-0.15, -0.1) is 0 Å². The number of rotatable bonds is 7. The molecule has 18 heavy (non-hydrogen) atoms. The average Bonchev–Trinajstić information content (AvgIpc) is 2.97. The van der Waals surface area contributed by atoms with Crippen LogP contribution >= 0.6 is 0 Å². The van der Waals surface area contributed by atoms with Gasteiger partial charge >= 0.3 is 12.0 Å². The van der Waals surface area contributed by atoms with Gasteiger partial charge in [0.1, 0.15) is 6.04 Å². The van der Waals surface area contributed by atoms with Gasteiger partial charge in [0.15, 0.2) is 0 Å². The van der Waals surface area contributed by atoms with Gasteiger partial charge in [-0.2, -0.15) is 0 Å². The summed E-state index contributed by atoms with van der Waals surface area (Å²) in [4.78, 5) is 32.9. The maximum Gasteiger partial charge on any atom is 0.326 e. The molecule has 0 aliphatic heterocycles. The Bertz CT molecular complexity index is 345. The molecule has 2 unspecified atom stereocenters. The molecule has 1 aliphatic rings. The van der Waals surface area contributed by atoms with E-state index in [0.29, 0.717) is 18.4 Å². The van der Waals surface area contributed by atoms with Gasteiger partial charge in [-0.05, 0) is 24.7 Å². The molecule has 0 aromatic heterocycles. The molecular formula is C11H19N3O4. The molecule has 1 fully saturated rings. The van der Waals surface area contributed by atoms with Gasteiger partial charge in [-0.3, -0.25) is 4.79 Å². The van der Waals surface area contributed by atoms with Crippen molar-refractivity contribution in [1.82, 2.24) is 10.6 Å². The number of carbonyl (C=O) groups is 3. The molecule has 1 aliphatic carbocycles. The number of urea groups is 1. The summed E-state index contributed by atoms with van der Waals surface area (Å²) in [5.41, 5.74) is 4.93. The minimum absolute atomic E-state index is 0.00207. The molecule has 5 N–H and O–H groups in total. The van der Waals surface area contributed by atoms with E-state index in [0.717, 1.165) is 6.42 Å². The number of nitrogens with one attached hydrogen (secondary N) is 2. The molecule has 102 valence electrons. The van der Waals surface area contributed by atoms with Gasteiger partial charge in [0.25, 0.3) is 0 Å². The molecular weight excluding hydrogens is 238 g/mol. The van der Waals surface area contributed by atoms with Crippen molar-refractivity contribution >= 4 is 17.9 Å². The molecule has 0 aromatic carbocycles. The van der Waals surface area contributed by atoms with Gasteiger partial charge < -0.3 is 21.5 Å². The van der Waals surface area contributed by atoms with E-state index in [1.807, 2.05) is 0 Å². The predicted molar refractivity (Wildman–Crippen MR) is 63.7 cm³/mol. The molecule has 0 radical (unpaired) electrons. The number of hydrogen-bond acceptors (Lipinski definition) is 3. The number of nitrogens with two attached hydrogens (primary N) is 1. The lowest BCUT2D eigenvalue weighted by Gasteiger charge is -2.14. The molecule has 0 bridgehead atoms.